The van der Waals surface area contributed by atoms with Crippen molar-refractivity contribution in [3.05, 3.63) is 33.9 Å². The molecule has 0 saturated carbocycles. The number of hydrogen-bond acceptors (Lipinski definition) is 3. The Morgan fingerprint density at radius 3 is 2.79 bits per heavy atom. The molecule has 0 spiro atoms. The fraction of sp³-hybridized carbons (Fsp3) is 0.308. The number of ether oxygens (including phenoxy) is 1. The topological polar surface area (TPSA) is 68.1 Å². The summed E-state index contributed by atoms with van der Waals surface area (Å²) in [7, 11) is 0. The Hall–Kier alpha value is -1.23. The van der Waals surface area contributed by atoms with Gasteiger partial charge in [0.15, 0.2) is 0 Å². The lowest BCUT2D eigenvalue weighted by atomic mass is 10.1. The molecule has 2 rings (SSSR count). The minimum Gasteiger partial charge on any atom is -0.465 e. The van der Waals surface area contributed by atoms with Crippen molar-refractivity contribution in [2.24, 2.45) is 5.73 Å². The SMILES string of the molecule is CCOC(=O)[C@@H](N)Cc1c[nH]c2cc(Cl)c(Cl)cc12. The average Bonchev–Trinajstić information content (AvgIpc) is 2.73. The Morgan fingerprint density at radius 2 is 2.11 bits per heavy atom. The highest BCUT2D eigenvalue weighted by Gasteiger charge is 2.17. The van der Waals surface area contributed by atoms with Crippen molar-refractivity contribution in [1.29, 1.82) is 0 Å². The molecule has 4 nitrogen and oxygen atoms in total. The molecule has 0 fully saturated rings. The molecule has 19 heavy (non-hydrogen) atoms. The van der Waals surface area contributed by atoms with E-state index in [9.17, 15) is 4.79 Å². The zero-order valence-electron chi connectivity index (χ0n) is 10.4. The number of benzene rings is 1. The van der Waals surface area contributed by atoms with E-state index in [0.29, 0.717) is 23.1 Å². The van der Waals surface area contributed by atoms with Crippen LogP contribution in [0.4, 0.5) is 0 Å². The van der Waals surface area contributed by atoms with Gasteiger partial charge in [-0.05, 0) is 24.6 Å². The van der Waals surface area contributed by atoms with Crippen LogP contribution in [0.3, 0.4) is 0 Å². The van der Waals surface area contributed by atoms with E-state index in [4.69, 9.17) is 33.7 Å². The number of nitrogens with two attached hydrogens (primary N) is 1. The van der Waals surface area contributed by atoms with Crippen molar-refractivity contribution >= 4 is 40.1 Å². The number of hydrogen-bond donors (Lipinski definition) is 2. The second kappa shape index (κ2) is 5.82. The summed E-state index contributed by atoms with van der Waals surface area (Å²) in [5.41, 5.74) is 7.58. The molecular weight excluding hydrogens is 287 g/mol. The predicted octanol–water partition coefficient (Wildman–Crippen LogP) is 2.91. The Labute approximate surface area is 120 Å². The van der Waals surface area contributed by atoms with Gasteiger partial charge in [-0.25, -0.2) is 0 Å². The first-order valence-electron chi connectivity index (χ1n) is 5.90. The number of rotatable bonds is 4. The normalized spacial score (nSPS) is 12.6. The van der Waals surface area contributed by atoms with Gasteiger partial charge in [-0.2, -0.15) is 0 Å². The fourth-order valence-electron chi connectivity index (χ4n) is 1.91. The predicted molar refractivity (Wildman–Crippen MR) is 76.6 cm³/mol. The van der Waals surface area contributed by atoms with Crippen molar-refractivity contribution < 1.29 is 9.53 Å². The third kappa shape index (κ3) is 3.03. The van der Waals surface area contributed by atoms with Crippen LogP contribution >= 0.6 is 23.2 Å². The van der Waals surface area contributed by atoms with E-state index < -0.39 is 12.0 Å². The summed E-state index contributed by atoms with van der Waals surface area (Å²) in [5, 5.41) is 1.87. The van der Waals surface area contributed by atoms with Crippen LogP contribution in [0.25, 0.3) is 10.9 Å². The van der Waals surface area contributed by atoms with Crippen molar-refractivity contribution in [3.63, 3.8) is 0 Å². The minimum absolute atomic E-state index is 0.321. The number of carbonyl (C=O) groups excluding carboxylic acids is 1. The van der Waals surface area contributed by atoms with Gasteiger partial charge in [0.05, 0.1) is 16.7 Å². The van der Waals surface area contributed by atoms with Crippen LogP contribution in [-0.2, 0) is 16.0 Å². The minimum atomic E-state index is -0.687. The molecule has 6 heteroatoms. The smallest absolute Gasteiger partial charge is 0.323 e. The van der Waals surface area contributed by atoms with E-state index in [1.165, 1.54) is 0 Å². The van der Waals surface area contributed by atoms with E-state index in [-0.39, 0.29) is 0 Å². The van der Waals surface area contributed by atoms with Crippen LogP contribution in [0.2, 0.25) is 10.0 Å². The molecule has 2 aromatic rings. The lowest BCUT2D eigenvalue weighted by Crippen LogP contribution is -2.34. The number of halogens is 2. The first-order chi connectivity index (χ1) is 9.02. The molecule has 0 aliphatic carbocycles. The van der Waals surface area contributed by atoms with Gasteiger partial charge in [0.25, 0.3) is 0 Å². The maximum atomic E-state index is 11.5. The van der Waals surface area contributed by atoms with Gasteiger partial charge in [0, 0.05) is 23.5 Å². The third-order valence-corrected chi connectivity index (χ3v) is 3.56. The molecule has 102 valence electrons. The summed E-state index contributed by atoms with van der Waals surface area (Å²) in [6.07, 6.45) is 2.19. The van der Waals surface area contributed by atoms with Crippen LogP contribution in [0.15, 0.2) is 18.3 Å². The van der Waals surface area contributed by atoms with Gasteiger partial charge in [0.2, 0.25) is 0 Å². The van der Waals surface area contributed by atoms with Crippen LogP contribution < -0.4 is 5.73 Å². The molecular formula is C13H14Cl2N2O2. The highest BCUT2D eigenvalue weighted by Crippen LogP contribution is 2.29. The second-order valence-electron chi connectivity index (χ2n) is 4.19. The Morgan fingerprint density at radius 1 is 1.42 bits per heavy atom. The quantitative estimate of drug-likeness (QED) is 0.853. The van der Waals surface area contributed by atoms with E-state index in [1.807, 2.05) is 0 Å². The van der Waals surface area contributed by atoms with Crippen LogP contribution in [-0.4, -0.2) is 23.6 Å². The summed E-state index contributed by atoms with van der Waals surface area (Å²) in [6, 6.07) is 2.83. The Bertz CT molecular complexity index is 610. The molecule has 0 saturated heterocycles. The molecule has 0 unspecified atom stereocenters. The van der Waals surface area contributed by atoms with Crippen molar-refractivity contribution in [1.82, 2.24) is 4.98 Å². The Balaban J connectivity index is 2.26. The first kappa shape index (κ1) is 14.2. The van der Waals surface area contributed by atoms with E-state index >= 15 is 0 Å². The number of carbonyl (C=O) groups is 1. The van der Waals surface area contributed by atoms with Crippen molar-refractivity contribution in [2.45, 2.75) is 19.4 Å². The maximum absolute atomic E-state index is 11.5. The summed E-state index contributed by atoms with van der Waals surface area (Å²) < 4.78 is 4.89. The van der Waals surface area contributed by atoms with E-state index in [0.717, 1.165) is 16.5 Å². The maximum Gasteiger partial charge on any atom is 0.323 e. The first-order valence-corrected chi connectivity index (χ1v) is 6.65. The third-order valence-electron chi connectivity index (χ3n) is 2.84. The van der Waals surface area contributed by atoms with Crippen LogP contribution in [0.5, 0.6) is 0 Å². The summed E-state index contributed by atoms with van der Waals surface area (Å²) in [4.78, 5) is 14.6. The number of aromatic nitrogens is 1. The summed E-state index contributed by atoms with van der Waals surface area (Å²) in [5.74, 6) is -0.406. The van der Waals surface area contributed by atoms with Gasteiger partial charge in [0.1, 0.15) is 6.04 Å². The second-order valence-corrected chi connectivity index (χ2v) is 5.00. The average molecular weight is 301 g/mol. The summed E-state index contributed by atoms with van der Waals surface area (Å²) >= 11 is 11.9. The highest BCUT2D eigenvalue weighted by atomic mass is 35.5. The monoisotopic (exact) mass is 300 g/mol. The molecule has 1 aromatic carbocycles. The molecule has 3 N–H and O–H groups in total. The van der Waals surface area contributed by atoms with Gasteiger partial charge in [-0.3, -0.25) is 4.79 Å². The van der Waals surface area contributed by atoms with Crippen molar-refractivity contribution in [2.75, 3.05) is 6.61 Å². The van der Waals surface area contributed by atoms with E-state index in [1.54, 1.807) is 25.3 Å². The molecule has 0 amide bonds. The molecule has 0 radical (unpaired) electrons. The zero-order chi connectivity index (χ0) is 14.0. The standard InChI is InChI=1S/C13H14Cl2N2O2/c1-2-19-13(18)11(16)3-7-6-17-12-5-10(15)9(14)4-8(7)12/h4-6,11,17H,2-3,16H2,1H3/t11-/m0/s1. The Kier molecular flexibility index (Phi) is 4.34. The number of aromatic amines is 1. The lowest BCUT2D eigenvalue weighted by molar-refractivity contribution is -0.144. The van der Waals surface area contributed by atoms with Gasteiger partial charge >= 0.3 is 5.97 Å². The molecule has 1 atom stereocenters. The lowest BCUT2D eigenvalue weighted by Gasteiger charge is -2.09. The number of fused-ring (bicyclic) bond motifs is 1. The van der Waals surface area contributed by atoms with Gasteiger partial charge in [-0.15, -0.1) is 0 Å². The molecule has 0 aliphatic rings. The van der Waals surface area contributed by atoms with Crippen LogP contribution in [0, 0.1) is 0 Å². The molecule has 0 aliphatic heterocycles. The highest BCUT2D eigenvalue weighted by molar-refractivity contribution is 6.42. The van der Waals surface area contributed by atoms with E-state index in [2.05, 4.69) is 4.98 Å². The largest absolute Gasteiger partial charge is 0.465 e. The molecule has 0 bridgehead atoms. The van der Waals surface area contributed by atoms with Gasteiger partial charge < -0.3 is 15.5 Å². The molecule has 1 heterocycles. The summed E-state index contributed by atoms with van der Waals surface area (Å²) in [6.45, 7) is 2.07. The van der Waals surface area contributed by atoms with Crippen LogP contribution in [0.1, 0.15) is 12.5 Å². The van der Waals surface area contributed by atoms with Crippen molar-refractivity contribution in [3.8, 4) is 0 Å². The fourth-order valence-corrected chi connectivity index (χ4v) is 2.24. The van der Waals surface area contributed by atoms with Gasteiger partial charge in [-0.1, -0.05) is 23.2 Å². The number of esters is 1. The number of nitrogens with one attached hydrogen (secondary N) is 1. The molecule has 1 aromatic heterocycles. The number of H-pyrrole nitrogens is 1. The zero-order valence-corrected chi connectivity index (χ0v) is 11.9.